The van der Waals surface area contributed by atoms with Crippen LogP contribution in [0.2, 0.25) is 0 Å². The van der Waals surface area contributed by atoms with E-state index in [2.05, 4.69) is 21.2 Å². The third-order valence-electron chi connectivity index (χ3n) is 3.01. The second-order valence-corrected chi connectivity index (χ2v) is 5.32. The van der Waals surface area contributed by atoms with Gasteiger partial charge in [0.2, 0.25) is 0 Å². The van der Waals surface area contributed by atoms with Crippen molar-refractivity contribution in [1.82, 2.24) is 0 Å². The number of benzene rings is 2. The second-order valence-electron chi connectivity index (χ2n) is 4.47. The molecule has 1 N–H and O–H groups in total. The Kier molecular flexibility index (Phi) is 4.20. The molecule has 1 unspecified atom stereocenters. The molecule has 100 valence electrons. The lowest BCUT2D eigenvalue weighted by atomic mass is 10.1. The first kappa shape index (κ1) is 14.0. The predicted octanol–water partition coefficient (Wildman–Crippen LogP) is 5.21. The zero-order valence-electron chi connectivity index (χ0n) is 10.7. The van der Waals surface area contributed by atoms with Crippen LogP contribution in [0, 0.1) is 18.6 Å². The van der Waals surface area contributed by atoms with Gasteiger partial charge in [-0.25, -0.2) is 8.78 Å². The largest absolute Gasteiger partial charge is 0.378 e. The van der Waals surface area contributed by atoms with Gasteiger partial charge in [-0.3, -0.25) is 0 Å². The number of hydrogen-bond acceptors (Lipinski definition) is 1. The Bertz CT molecular complexity index is 599. The van der Waals surface area contributed by atoms with E-state index < -0.39 is 0 Å². The summed E-state index contributed by atoms with van der Waals surface area (Å²) in [4.78, 5) is 0. The zero-order valence-corrected chi connectivity index (χ0v) is 12.3. The molecule has 0 radical (unpaired) electrons. The van der Waals surface area contributed by atoms with Gasteiger partial charge in [0.25, 0.3) is 0 Å². The van der Waals surface area contributed by atoms with Crippen LogP contribution >= 0.6 is 15.9 Å². The summed E-state index contributed by atoms with van der Waals surface area (Å²) in [5, 5.41) is 3.13. The fourth-order valence-electron chi connectivity index (χ4n) is 1.94. The van der Waals surface area contributed by atoms with Crippen molar-refractivity contribution in [3.63, 3.8) is 0 Å². The van der Waals surface area contributed by atoms with Gasteiger partial charge in [0.05, 0.1) is 10.5 Å². The smallest absolute Gasteiger partial charge is 0.139 e. The van der Waals surface area contributed by atoms with Gasteiger partial charge in [0, 0.05) is 11.3 Å². The van der Waals surface area contributed by atoms with E-state index in [9.17, 15) is 8.78 Å². The van der Waals surface area contributed by atoms with Crippen LogP contribution in [0.15, 0.2) is 40.9 Å². The van der Waals surface area contributed by atoms with E-state index in [0.29, 0.717) is 15.7 Å². The third-order valence-corrected chi connectivity index (χ3v) is 3.62. The number of anilines is 1. The van der Waals surface area contributed by atoms with E-state index in [0.717, 1.165) is 5.56 Å². The first-order valence-electron chi connectivity index (χ1n) is 5.95. The minimum Gasteiger partial charge on any atom is -0.378 e. The highest BCUT2D eigenvalue weighted by Crippen LogP contribution is 2.27. The van der Waals surface area contributed by atoms with Gasteiger partial charge >= 0.3 is 0 Å². The maximum atomic E-state index is 13.7. The fraction of sp³-hybridized carbons (Fsp3) is 0.200. The zero-order chi connectivity index (χ0) is 14.0. The van der Waals surface area contributed by atoms with Crippen molar-refractivity contribution in [3.05, 3.63) is 63.6 Å². The first-order valence-corrected chi connectivity index (χ1v) is 6.75. The highest BCUT2D eigenvalue weighted by Gasteiger charge is 2.12. The van der Waals surface area contributed by atoms with Crippen LogP contribution in [-0.2, 0) is 0 Å². The standard InChI is InChI=1S/C15H14BrF2N/c1-9-7-12(16)14(18)8-15(9)19-10(2)11-5-3-4-6-13(11)17/h3-8,10,19H,1-2H3. The van der Waals surface area contributed by atoms with E-state index in [1.54, 1.807) is 24.3 Å². The highest BCUT2D eigenvalue weighted by atomic mass is 79.9. The molecular formula is C15H14BrF2N. The maximum Gasteiger partial charge on any atom is 0.139 e. The quantitative estimate of drug-likeness (QED) is 0.816. The summed E-state index contributed by atoms with van der Waals surface area (Å²) in [7, 11) is 0. The van der Waals surface area contributed by atoms with Crippen LogP contribution in [0.4, 0.5) is 14.5 Å². The molecule has 0 amide bonds. The molecule has 0 aliphatic heterocycles. The summed E-state index contributed by atoms with van der Waals surface area (Å²) in [5.74, 6) is -0.605. The van der Waals surface area contributed by atoms with Crippen LogP contribution in [0.25, 0.3) is 0 Å². The minimum absolute atomic E-state index is 0.236. The monoisotopic (exact) mass is 325 g/mol. The third kappa shape index (κ3) is 3.13. The molecule has 0 saturated carbocycles. The average Bonchev–Trinajstić information content (AvgIpc) is 2.36. The Morgan fingerprint density at radius 3 is 2.47 bits per heavy atom. The van der Waals surface area contributed by atoms with Gasteiger partial charge in [-0.05, 0) is 53.5 Å². The van der Waals surface area contributed by atoms with Gasteiger partial charge in [-0.1, -0.05) is 18.2 Å². The molecule has 2 aromatic carbocycles. The minimum atomic E-state index is -0.339. The lowest BCUT2D eigenvalue weighted by Crippen LogP contribution is -2.09. The molecule has 0 spiro atoms. The van der Waals surface area contributed by atoms with Crippen molar-refractivity contribution in [2.45, 2.75) is 19.9 Å². The van der Waals surface area contributed by atoms with Gasteiger partial charge in [-0.15, -0.1) is 0 Å². The summed E-state index contributed by atoms with van der Waals surface area (Å²) < 4.78 is 27.6. The topological polar surface area (TPSA) is 12.0 Å². The molecule has 0 saturated heterocycles. The van der Waals surface area contributed by atoms with Crippen molar-refractivity contribution >= 4 is 21.6 Å². The van der Waals surface area contributed by atoms with Crippen molar-refractivity contribution < 1.29 is 8.78 Å². The number of rotatable bonds is 3. The molecule has 4 heteroatoms. The van der Waals surface area contributed by atoms with Crippen LogP contribution in [0.1, 0.15) is 24.1 Å². The second kappa shape index (κ2) is 5.70. The lowest BCUT2D eigenvalue weighted by Gasteiger charge is -2.18. The van der Waals surface area contributed by atoms with Gasteiger partial charge in [0.1, 0.15) is 11.6 Å². The maximum absolute atomic E-state index is 13.7. The Labute approximate surface area is 119 Å². The molecule has 0 heterocycles. The van der Waals surface area contributed by atoms with E-state index in [-0.39, 0.29) is 17.7 Å². The molecule has 0 fully saturated rings. The van der Waals surface area contributed by atoms with Gasteiger partial charge in [0.15, 0.2) is 0 Å². The first-order chi connectivity index (χ1) is 8.99. The summed E-state index contributed by atoms with van der Waals surface area (Å²) in [5.41, 5.74) is 2.12. The Morgan fingerprint density at radius 2 is 1.79 bits per heavy atom. The normalized spacial score (nSPS) is 12.3. The average molecular weight is 326 g/mol. The molecule has 1 nitrogen and oxygen atoms in total. The Hall–Kier alpha value is -1.42. The molecular weight excluding hydrogens is 312 g/mol. The molecule has 1 atom stereocenters. The van der Waals surface area contributed by atoms with E-state index in [1.807, 2.05) is 13.8 Å². The molecule has 19 heavy (non-hydrogen) atoms. The van der Waals surface area contributed by atoms with E-state index in [4.69, 9.17) is 0 Å². The molecule has 0 aliphatic carbocycles. The van der Waals surface area contributed by atoms with Crippen molar-refractivity contribution in [1.29, 1.82) is 0 Å². The van der Waals surface area contributed by atoms with Crippen LogP contribution < -0.4 is 5.32 Å². The predicted molar refractivity (Wildman–Crippen MR) is 77.3 cm³/mol. The van der Waals surface area contributed by atoms with E-state index in [1.165, 1.54) is 12.1 Å². The van der Waals surface area contributed by atoms with Crippen molar-refractivity contribution in [2.24, 2.45) is 0 Å². The SMILES string of the molecule is Cc1cc(Br)c(F)cc1NC(C)c1ccccc1F. The number of nitrogens with one attached hydrogen (secondary N) is 1. The molecule has 2 rings (SSSR count). The van der Waals surface area contributed by atoms with Crippen LogP contribution in [0.5, 0.6) is 0 Å². The molecule has 2 aromatic rings. The number of hydrogen-bond donors (Lipinski definition) is 1. The van der Waals surface area contributed by atoms with Crippen LogP contribution in [0.3, 0.4) is 0 Å². The number of aryl methyl sites for hydroxylation is 1. The summed E-state index contributed by atoms with van der Waals surface area (Å²) in [6, 6.07) is 9.45. The lowest BCUT2D eigenvalue weighted by molar-refractivity contribution is 0.599. The van der Waals surface area contributed by atoms with Crippen LogP contribution in [-0.4, -0.2) is 0 Å². The summed E-state index contributed by atoms with van der Waals surface area (Å²) in [6.45, 7) is 3.72. The highest BCUT2D eigenvalue weighted by molar-refractivity contribution is 9.10. The van der Waals surface area contributed by atoms with Gasteiger partial charge < -0.3 is 5.32 Å². The van der Waals surface area contributed by atoms with E-state index >= 15 is 0 Å². The Balaban J connectivity index is 2.27. The number of halogens is 3. The summed E-state index contributed by atoms with van der Waals surface area (Å²) >= 11 is 3.14. The fourth-order valence-corrected chi connectivity index (χ4v) is 2.40. The van der Waals surface area contributed by atoms with Crippen molar-refractivity contribution in [2.75, 3.05) is 5.32 Å². The Morgan fingerprint density at radius 1 is 1.11 bits per heavy atom. The summed E-state index contributed by atoms with van der Waals surface area (Å²) in [6.07, 6.45) is 0. The molecule has 0 aromatic heterocycles. The molecule has 0 bridgehead atoms. The van der Waals surface area contributed by atoms with Gasteiger partial charge in [-0.2, -0.15) is 0 Å². The van der Waals surface area contributed by atoms with Crippen molar-refractivity contribution in [3.8, 4) is 0 Å². The molecule has 0 aliphatic rings.